The lowest BCUT2D eigenvalue weighted by molar-refractivity contribution is -0.131. The summed E-state index contributed by atoms with van der Waals surface area (Å²) in [5.74, 6) is 0.510. The van der Waals surface area contributed by atoms with Gasteiger partial charge >= 0.3 is 5.97 Å². The maximum Gasteiger partial charge on any atom is 0.339 e. The quantitative estimate of drug-likeness (QED) is 0.884. The number of benzene rings is 1. The Labute approximate surface area is 156 Å². The van der Waals surface area contributed by atoms with Crippen LogP contribution < -0.4 is 9.47 Å². The second kappa shape index (κ2) is 6.94. The number of aromatic nitrogens is 2. The van der Waals surface area contributed by atoms with Gasteiger partial charge in [-0.2, -0.15) is 5.10 Å². The van der Waals surface area contributed by atoms with Crippen molar-refractivity contribution < 1.29 is 24.2 Å². The second-order valence-electron chi connectivity index (χ2n) is 6.87. The van der Waals surface area contributed by atoms with E-state index in [1.165, 1.54) is 6.20 Å². The molecule has 0 bridgehead atoms. The molecule has 0 unspecified atom stereocenters. The number of aromatic carboxylic acids is 1. The Balaban J connectivity index is 1.36. The Morgan fingerprint density at radius 3 is 2.67 bits per heavy atom. The average Bonchev–Trinajstić information content (AvgIpc) is 3.27. The van der Waals surface area contributed by atoms with E-state index in [0.717, 1.165) is 18.4 Å². The van der Waals surface area contributed by atoms with Crippen LogP contribution in [0.2, 0.25) is 0 Å². The van der Waals surface area contributed by atoms with Crippen molar-refractivity contribution >= 4 is 11.9 Å². The van der Waals surface area contributed by atoms with E-state index in [1.807, 2.05) is 23.1 Å². The molecule has 2 aliphatic rings. The molecule has 27 heavy (non-hydrogen) atoms. The molecule has 8 heteroatoms. The molecule has 0 atom stereocenters. The maximum absolute atomic E-state index is 12.6. The average molecular weight is 371 g/mol. The predicted octanol–water partition coefficient (Wildman–Crippen LogP) is 2.02. The van der Waals surface area contributed by atoms with E-state index in [4.69, 9.17) is 14.6 Å². The van der Waals surface area contributed by atoms with Gasteiger partial charge in [0.1, 0.15) is 5.56 Å². The summed E-state index contributed by atoms with van der Waals surface area (Å²) in [6, 6.07) is 5.69. The normalized spacial score (nSPS) is 16.6. The van der Waals surface area contributed by atoms with E-state index in [0.29, 0.717) is 36.7 Å². The van der Waals surface area contributed by atoms with Crippen LogP contribution in [0.15, 0.2) is 24.4 Å². The van der Waals surface area contributed by atoms with E-state index < -0.39 is 5.97 Å². The summed E-state index contributed by atoms with van der Waals surface area (Å²) in [6.07, 6.45) is 3.24. The molecule has 1 aromatic carbocycles. The molecule has 1 saturated heterocycles. The molecule has 1 N–H and O–H groups in total. The van der Waals surface area contributed by atoms with Crippen LogP contribution in [0.1, 0.15) is 40.5 Å². The maximum atomic E-state index is 12.6. The van der Waals surface area contributed by atoms with Gasteiger partial charge in [0.05, 0.1) is 24.4 Å². The van der Waals surface area contributed by atoms with Crippen molar-refractivity contribution in [3.63, 3.8) is 0 Å². The van der Waals surface area contributed by atoms with E-state index in [2.05, 4.69) is 5.10 Å². The van der Waals surface area contributed by atoms with Crippen molar-refractivity contribution in [2.24, 2.45) is 0 Å². The predicted molar refractivity (Wildman–Crippen MR) is 95.0 cm³/mol. The summed E-state index contributed by atoms with van der Waals surface area (Å²) in [4.78, 5) is 25.7. The highest BCUT2D eigenvalue weighted by atomic mass is 16.7. The summed E-state index contributed by atoms with van der Waals surface area (Å²) in [5, 5.41) is 13.4. The standard InChI is InChI=1S/C19H21N3O5/c1-12-15(19(24)25)10-20-22(12)14-4-6-21(7-5-14)18(23)9-13-2-3-16-17(8-13)27-11-26-16/h2-3,8,10,14H,4-7,9,11H2,1H3,(H,24,25). The highest BCUT2D eigenvalue weighted by molar-refractivity contribution is 5.88. The molecule has 1 amide bonds. The number of fused-ring (bicyclic) bond motifs is 1. The van der Waals surface area contributed by atoms with Crippen LogP contribution in [0.3, 0.4) is 0 Å². The minimum absolute atomic E-state index is 0.0794. The number of carboxylic acids is 1. The Hall–Kier alpha value is -3.03. The highest BCUT2D eigenvalue weighted by Crippen LogP contribution is 2.33. The molecule has 4 rings (SSSR count). The number of nitrogens with zero attached hydrogens (tertiary/aromatic N) is 3. The molecule has 0 aliphatic carbocycles. The Morgan fingerprint density at radius 2 is 1.96 bits per heavy atom. The smallest absolute Gasteiger partial charge is 0.339 e. The highest BCUT2D eigenvalue weighted by Gasteiger charge is 2.27. The van der Waals surface area contributed by atoms with Crippen LogP contribution >= 0.6 is 0 Å². The van der Waals surface area contributed by atoms with E-state index in [-0.39, 0.29) is 24.3 Å². The van der Waals surface area contributed by atoms with Gasteiger partial charge in [-0.05, 0) is 37.5 Å². The van der Waals surface area contributed by atoms with Gasteiger partial charge in [-0.3, -0.25) is 9.48 Å². The SMILES string of the molecule is Cc1c(C(=O)O)cnn1C1CCN(C(=O)Cc2ccc3c(c2)OCO3)CC1. The lowest BCUT2D eigenvalue weighted by Gasteiger charge is -2.32. The van der Waals surface area contributed by atoms with Crippen LogP contribution in [0.5, 0.6) is 11.5 Å². The summed E-state index contributed by atoms with van der Waals surface area (Å²) in [6.45, 7) is 3.26. The Kier molecular flexibility index (Phi) is 4.47. The van der Waals surface area contributed by atoms with Gasteiger partial charge in [-0.15, -0.1) is 0 Å². The fourth-order valence-electron chi connectivity index (χ4n) is 3.70. The number of amides is 1. The largest absolute Gasteiger partial charge is 0.478 e. The molecule has 0 spiro atoms. The third kappa shape index (κ3) is 3.34. The van der Waals surface area contributed by atoms with Gasteiger partial charge in [-0.1, -0.05) is 6.07 Å². The number of carbonyl (C=O) groups is 2. The van der Waals surface area contributed by atoms with Crippen molar-refractivity contribution in [2.75, 3.05) is 19.9 Å². The number of ether oxygens (including phenoxy) is 2. The first-order valence-electron chi connectivity index (χ1n) is 8.96. The molecule has 1 aromatic heterocycles. The number of piperidine rings is 1. The molecule has 8 nitrogen and oxygen atoms in total. The van der Waals surface area contributed by atoms with Crippen LogP contribution in [-0.4, -0.2) is 51.5 Å². The van der Waals surface area contributed by atoms with E-state index >= 15 is 0 Å². The third-order valence-corrected chi connectivity index (χ3v) is 5.23. The summed E-state index contributed by atoms with van der Waals surface area (Å²) >= 11 is 0. The van der Waals surface area contributed by atoms with Crippen LogP contribution in [0, 0.1) is 6.92 Å². The molecule has 2 aromatic rings. The minimum Gasteiger partial charge on any atom is -0.478 e. The van der Waals surface area contributed by atoms with Crippen molar-refractivity contribution in [1.82, 2.24) is 14.7 Å². The minimum atomic E-state index is -0.963. The monoisotopic (exact) mass is 371 g/mol. The van der Waals surface area contributed by atoms with Gasteiger partial charge in [0, 0.05) is 13.1 Å². The first-order chi connectivity index (χ1) is 13.0. The molecule has 1 fully saturated rings. The fourth-order valence-corrected chi connectivity index (χ4v) is 3.70. The number of hydrogen-bond donors (Lipinski definition) is 1. The second-order valence-corrected chi connectivity index (χ2v) is 6.87. The Morgan fingerprint density at radius 1 is 1.22 bits per heavy atom. The topological polar surface area (TPSA) is 93.9 Å². The zero-order valence-electron chi connectivity index (χ0n) is 15.1. The van der Waals surface area contributed by atoms with Crippen LogP contribution in [-0.2, 0) is 11.2 Å². The number of hydrogen-bond acceptors (Lipinski definition) is 5. The zero-order valence-corrected chi connectivity index (χ0v) is 15.1. The molecule has 2 aliphatic heterocycles. The lowest BCUT2D eigenvalue weighted by Crippen LogP contribution is -2.40. The molecule has 3 heterocycles. The number of carboxylic acid groups (broad SMARTS) is 1. The number of likely N-dealkylation sites (tertiary alicyclic amines) is 1. The third-order valence-electron chi connectivity index (χ3n) is 5.23. The molecule has 142 valence electrons. The van der Waals surface area contributed by atoms with Gasteiger partial charge in [-0.25, -0.2) is 4.79 Å². The zero-order chi connectivity index (χ0) is 19.0. The van der Waals surface area contributed by atoms with Crippen molar-refractivity contribution in [3.05, 3.63) is 41.2 Å². The van der Waals surface area contributed by atoms with Crippen LogP contribution in [0.4, 0.5) is 0 Å². The summed E-state index contributed by atoms with van der Waals surface area (Å²) in [7, 11) is 0. The summed E-state index contributed by atoms with van der Waals surface area (Å²) < 4.78 is 12.4. The van der Waals surface area contributed by atoms with Gasteiger partial charge in [0.2, 0.25) is 12.7 Å². The number of carbonyl (C=O) groups excluding carboxylic acids is 1. The van der Waals surface area contributed by atoms with Gasteiger partial charge in [0.25, 0.3) is 0 Å². The Bertz CT molecular complexity index is 883. The van der Waals surface area contributed by atoms with Gasteiger partial charge < -0.3 is 19.5 Å². The van der Waals surface area contributed by atoms with E-state index in [1.54, 1.807) is 11.6 Å². The molecular weight excluding hydrogens is 350 g/mol. The van der Waals surface area contributed by atoms with Crippen molar-refractivity contribution in [2.45, 2.75) is 32.2 Å². The molecule has 0 saturated carbocycles. The first kappa shape index (κ1) is 17.4. The molecular formula is C19H21N3O5. The summed E-state index contributed by atoms with van der Waals surface area (Å²) in [5.41, 5.74) is 1.80. The van der Waals surface area contributed by atoms with E-state index in [9.17, 15) is 9.59 Å². The first-order valence-corrected chi connectivity index (χ1v) is 8.96. The molecule has 0 radical (unpaired) electrons. The van der Waals surface area contributed by atoms with Crippen molar-refractivity contribution in [3.8, 4) is 11.5 Å². The lowest BCUT2D eigenvalue weighted by atomic mass is 10.0. The number of rotatable bonds is 4. The van der Waals surface area contributed by atoms with Crippen molar-refractivity contribution in [1.29, 1.82) is 0 Å². The fraction of sp³-hybridized carbons (Fsp3) is 0.421. The van der Waals surface area contributed by atoms with Gasteiger partial charge in [0.15, 0.2) is 11.5 Å². The van der Waals surface area contributed by atoms with Crippen LogP contribution in [0.25, 0.3) is 0 Å².